The Balaban J connectivity index is 0. The van der Waals surface area contributed by atoms with Crippen LogP contribution in [0.5, 0.6) is 0 Å². The number of rotatable bonds is 0. The van der Waals surface area contributed by atoms with Crippen molar-refractivity contribution in [2.24, 2.45) is 0 Å². The van der Waals surface area contributed by atoms with Gasteiger partial charge in [-0.3, -0.25) is 0 Å². The average molecular weight is 528 g/mol. The van der Waals surface area contributed by atoms with E-state index in [1.807, 2.05) is 60.7 Å². The quantitative estimate of drug-likeness (QED) is 0.173. The molecule has 0 saturated carbocycles. The van der Waals surface area contributed by atoms with Gasteiger partial charge < -0.3 is 8.85 Å². The predicted octanol–water partition coefficient (Wildman–Crippen LogP) is 9.07. The predicted molar refractivity (Wildman–Crippen MR) is 144 cm³/mol. The second-order valence-corrected chi connectivity index (χ2v) is 6.46. The van der Waals surface area contributed by atoms with Gasteiger partial charge in [-0.2, -0.15) is 108 Å². The fourth-order valence-corrected chi connectivity index (χ4v) is 2.82. The van der Waals surface area contributed by atoms with E-state index in [2.05, 4.69) is 97.1 Å². The standard InChI is InChI=1S/2C9H7.2C6H5.CH3.ClH.Zr.H/c2*1-2-5-9-7-3-6-8(9)4-1;2*1-2-4-6-5-3-1;;;;/h2*1-7H;2*1-5H;1H3;1H;;/q5*-1;;;-1. The summed E-state index contributed by atoms with van der Waals surface area (Å²) in [6.07, 6.45) is 0. The van der Waals surface area contributed by atoms with Crippen molar-refractivity contribution >= 4 is 34.0 Å². The molecule has 6 aromatic rings. The van der Waals surface area contributed by atoms with Gasteiger partial charge in [0.2, 0.25) is 0 Å². The zero-order valence-corrected chi connectivity index (χ0v) is 22.0. The van der Waals surface area contributed by atoms with Crippen molar-refractivity contribution < 1.29 is 27.6 Å². The molecule has 0 aliphatic heterocycles. The van der Waals surface area contributed by atoms with Crippen LogP contribution in [-0.2, 0) is 26.2 Å². The van der Waals surface area contributed by atoms with Gasteiger partial charge in [-0.1, -0.05) is 12.1 Å². The first-order valence-corrected chi connectivity index (χ1v) is 9.96. The first-order valence-electron chi connectivity index (χ1n) is 9.96. The fourth-order valence-electron chi connectivity index (χ4n) is 2.82. The molecule has 0 aromatic heterocycles. The number of halogens is 1. The first-order chi connectivity index (χ1) is 14.9. The number of benzene rings is 4. The minimum atomic E-state index is 0. The van der Waals surface area contributed by atoms with Gasteiger partial charge in [-0.15, -0.1) is 71.7 Å². The molecule has 0 N–H and O–H groups in total. The minimum Gasteiger partial charge on any atom is -1.00 e. The summed E-state index contributed by atoms with van der Waals surface area (Å²) in [5.74, 6) is 0. The van der Waals surface area contributed by atoms with E-state index in [-0.39, 0.29) is 47.5 Å². The van der Waals surface area contributed by atoms with E-state index in [1.54, 1.807) is 0 Å². The summed E-state index contributed by atoms with van der Waals surface area (Å²) in [6.45, 7) is 0. The molecule has 0 aliphatic rings. The summed E-state index contributed by atoms with van der Waals surface area (Å²) >= 11 is 0. The van der Waals surface area contributed by atoms with Crippen LogP contribution in [0.3, 0.4) is 0 Å². The molecule has 0 heterocycles. The second kappa shape index (κ2) is 18.8. The number of hydrogen-bond donors (Lipinski definition) is 0. The monoisotopic (exact) mass is 526 g/mol. The zero-order valence-electron chi connectivity index (χ0n) is 19.8. The molecule has 0 fully saturated rings. The van der Waals surface area contributed by atoms with Crippen LogP contribution < -0.4 is 0 Å². The number of fused-ring (bicyclic) bond motifs is 2. The molecule has 0 bridgehead atoms. The summed E-state index contributed by atoms with van der Waals surface area (Å²) in [7, 11) is 0. The first kappa shape index (κ1) is 30.3. The van der Waals surface area contributed by atoms with E-state index in [9.17, 15) is 0 Å². The van der Waals surface area contributed by atoms with Crippen molar-refractivity contribution in [1.82, 2.24) is 0 Å². The average Bonchev–Trinajstić information content (AvgIpc) is 3.52. The van der Waals surface area contributed by atoms with Crippen LogP contribution in [0.25, 0.3) is 21.5 Å². The third-order valence-corrected chi connectivity index (χ3v) is 4.31. The van der Waals surface area contributed by atoms with Crippen LogP contribution in [0.15, 0.2) is 146 Å². The zero-order chi connectivity index (χ0) is 20.7. The van der Waals surface area contributed by atoms with Crippen molar-refractivity contribution in [3.8, 4) is 0 Å². The molecule has 0 amide bonds. The largest absolute Gasteiger partial charge is 1.00 e. The van der Waals surface area contributed by atoms with Gasteiger partial charge in [0.25, 0.3) is 0 Å². The maximum atomic E-state index is 2.89. The molecule has 33 heavy (non-hydrogen) atoms. The van der Waals surface area contributed by atoms with E-state index in [1.165, 1.54) is 21.5 Å². The van der Waals surface area contributed by atoms with Crippen LogP contribution in [-0.4, -0.2) is 0 Å². The molecule has 0 saturated heterocycles. The van der Waals surface area contributed by atoms with Gasteiger partial charge in [-0.05, 0) is 0 Å². The SMILES string of the molecule is Cl.[CH3-].[H-].[Zr].[c-]1ccccc1.[c-]1ccccc1.c1ccc2[cH-]ccc2c1.c1ccc2[cH-]ccc2c1. The molecular weight excluding hydrogens is 499 g/mol. The Labute approximate surface area is 225 Å². The smallest absolute Gasteiger partial charge is 0 e. The summed E-state index contributed by atoms with van der Waals surface area (Å²) in [4.78, 5) is 0. The van der Waals surface area contributed by atoms with Crippen LogP contribution in [0.1, 0.15) is 1.43 Å². The van der Waals surface area contributed by atoms with Crippen LogP contribution >= 0.6 is 12.4 Å². The molecule has 170 valence electrons. The van der Waals surface area contributed by atoms with E-state index in [0.29, 0.717) is 0 Å². The van der Waals surface area contributed by atoms with Crippen LogP contribution in [0.2, 0.25) is 0 Å². The molecule has 6 rings (SSSR count). The van der Waals surface area contributed by atoms with Gasteiger partial charge >= 0.3 is 0 Å². The summed E-state index contributed by atoms with van der Waals surface area (Å²) < 4.78 is 0. The third kappa shape index (κ3) is 11.6. The fraction of sp³-hybridized carbons (Fsp3) is 0. The van der Waals surface area contributed by atoms with Crippen molar-refractivity contribution in [2.45, 2.75) is 0 Å². The normalized spacial score (nSPS) is 8.48. The van der Waals surface area contributed by atoms with Gasteiger partial charge in [0.15, 0.2) is 0 Å². The van der Waals surface area contributed by atoms with E-state index in [0.717, 1.165) is 0 Å². The Kier molecular flexibility index (Phi) is 17.3. The Morgan fingerprint density at radius 3 is 1.12 bits per heavy atom. The maximum absolute atomic E-state index is 2.89. The third-order valence-electron chi connectivity index (χ3n) is 4.31. The molecule has 0 unspecified atom stereocenters. The topological polar surface area (TPSA) is 0 Å². The molecule has 0 spiro atoms. The van der Waals surface area contributed by atoms with E-state index in [4.69, 9.17) is 0 Å². The van der Waals surface area contributed by atoms with E-state index >= 15 is 0 Å². The van der Waals surface area contributed by atoms with Crippen LogP contribution in [0, 0.1) is 19.6 Å². The second-order valence-electron chi connectivity index (χ2n) is 6.46. The van der Waals surface area contributed by atoms with E-state index < -0.39 is 0 Å². The van der Waals surface area contributed by atoms with Gasteiger partial charge in [0.1, 0.15) is 0 Å². The molecule has 0 atom stereocenters. The summed E-state index contributed by atoms with van der Waals surface area (Å²) in [5.41, 5.74) is 0. The molecule has 0 aliphatic carbocycles. The number of hydrogen-bond acceptors (Lipinski definition) is 0. The van der Waals surface area contributed by atoms with Crippen molar-refractivity contribution in [3.63, 3.8) is 0 Å². The van der Waals surface area contributed by atoms with Crippen molar-refractivity contribution in [1.29, 1.82) is 0 Å². The van der Waals surface area contributed by atoms with Gasteiger partial charge in [-0.25, -0.2) is 0 Å². The van der Waals surface area contributed by atoms with Gasteiger partial charge in [0, 0.05) is 26.2 Å². The molecule has 0 radical (unpaired) electrons. The van der Waals surface area contributed by atoms with Crippen LogP contribution in [0.4, 0.5) is 0 Å². The Hall–Kier alpha value is -2.73. The Morgan fingerprint density at radius 2 is 0.848 bits per heavy atom. The van der Waals surface area contributed by atoms with Gasteiger partial charge in [0.05, 0.1) is 0 Å². The maximum Gasteiger partial charge on any atom is 0 e. The Morgan fingerprint density at radius 1 is 0.485 bits per heavy atom. The van der Waals surface area contributed by atoms with Crippen molar-refractivity contribution in [2.75, 3.05) is 0 Å². The summed E-state index contributed by atoms with van der Waals surface area (Å²) in [6, 6.07) is 54.3. The molecule has 6 aromatic carbocycles. The minimum absolute atomic E-state index is 0. The van der Waals surface area contributed by atoms with Crippen molar-refractivity contribution in [3.05, 3.63) is 165 Å². The summed E-state index contributed by atoms with van der Waals surface area (Å²) in [5, 5.41) is 5.32. The molecule has 2 heteroatoms. The Bertz CT molecular complexity index is 986. The molecular formula is C31H29ClZr-6. The molecule has 0 nitrogen and oxygen atoms in total.